The molecule has 0 radical (unpaired) electrons. The first-order valence-corrected chi connectivity index (χ1v) is 15.2. The molecule has 2 atom stereocenters. The summed E-state index contributed by atoms with van der Waals surface area (Å²) in [6.07, 6.45) is 3.16. The molecular formula is C34H37Cl2N3O3. The molecular weight excluding hydrogens is 569 g/mol. The predicted octanol–water partition coefficient (Wildman–Crippen LogP) is 6.05. The molecule has 0 saturated carbocycles. The van der Waals surface area contributed by atoms with E-state index in [-0.39, 0.29) is 23.9 Å². The maximum atomic E-state index is 14.0. The molecule has 1 saturated heterocycles. The van der Waals surface area contributed by atoms with Crippen molar-refractivity contribution in [1.82, 2.24) is 15.1 Å². The molecule has 2 aliphatic rings. The second-order valence-electron chi connectivity index (χ2n) is 11.1. The quantitative estimate of drug-likeness (QED) is 0.286. The Balaban J connectivity index is 1.30. The number of nitrogens with one attached hydrogen (secondary N) is 1. The Morgan fingerprint density at radius 3 is 2.45 bits per heavy atom. The Bertz CT molecular complexity index is 1440. The average Bonchev–Trinajstić information content (AvgIpc) is 2.99. The van der Waals surface area contributed by atoms with Crippen molar-refractivity contribution < 1.29 is 14.3 Å². The molecule has 0 aliphatic carbocycles. The van der Waals surface area contributed by atoms with Crippen molar-refractivity contribution in [2.75, 3.05) is 33.3 Å². The summed E-state index contributed by atoms with van der Waals surface area (Å²) in [6.45, 7) is 3.90. The molecule has 1 fully saturated rings. The third-order valence-electron chi connectivity index (χ3n) is 8.07. The normalized spacial score (nSPS) is 18.1. The Morgan fingerprint density at radius 1 is 0.976 bits per heavy atom. The number of amides is 2. The molecule has 2 aliphatic heterocycles. The Morgan fingerprint density at radius 2 is 1.71 bits per heavy atom. The van der Waals surface area contributed by atoms with Crippen LogP contribution in [-0.2, 0) is 22.4 Å². The van der Waals surface area contributed by atoms with Gasteiger partial charge < -0.3 is 19.9 Å². The van der Waals surface area contributed by atoms with Gasteiger partial charge in [-0.2, -0.15) is 0 Å². The van der Waals surface area contributed by atoms with E-state index >= 15 is 0 Å². The number of carbonyl (C=O) groups excluding carboxylic acids is 2. The highest BCUT2D eigenvalue weighted by Gasteiger charge is 2.39. The summed E-state index contributed by atoms with van der Waals surface area (Å²) >= 11 is 12.3. The Kier molecular flexibility index (Phi) is 9.88. The number of fused-ring (bicyclic) bond motifs is 2. The fraction of sp³-hybridized carbons (Fsp3) is 0.353. The number of rotatable bonds is 10. The topological polar surface area (TPSA) is 61.9 Å². The van der Waals surface area contributed by atoms with Gasteiger partial charge in [0.15, 0.2) is 0 Å². The fourth-order valence-corrected chi connectivity index (χ4v) is 6.13. The molecule has 2 heterocycles. The number of nitrogens with zero attached hydrogens (tertiary/aromatic N) is 2. The van der Waals surface area contributed by atoms with Crippen LogP contribution in [-0.4, -0.2) is 67.0 Å². The maximum absolute atomic E-state index is 14.0. The smallest absolute Gasteiger partial charge is 0.251 e. The van der Waals surface area contributed by atoms with Gasteiger partial charge in [0.1, 0.15) is 5.75 Å². The van der Waals surface area contributed by atoms with Gasteiger partial charge in [0, 0.05) is 56.3 Å². The lowest BCUT2D eigenvalue weighted by molar-refractivity contribution is -0.132. The monoisotopic (exact) mass is 605 g/mol. The van der Waals surface area contributed by atoms with Gasteiger partial charge >= 0.3 is 0 Å². The second-order valence-corrected chi connectivity index (χ2v) is 12.0. The third-order valence-corrected chi connectivity index (χ3v) is 8.62. The van der Waals surface area contributed by atoms with Crippen LogP contribution in [0.2, 0.25) is 10.0 Å². The zero-order valence-corrected chi connectivity index (χ0v) is 25.6. The summed E-state index contributed by atoms with van der Waals surface area (Å²) in [5.74, 6) is 0.658. The van der Waals surface area contributed by atoms with Gasteiger partial charge in [0.2, 0.25) is 5.91 Å². The number of benzene rings is 3. The highest BCUT2D eigenvalue weighted by molar-refractivity contribution is 6.34. The summed E-state index contributed by atoms with van der Waals surface area (Å²) in [6, 6.07) is 23.9. The van der Waals surface area contributed by atoms with E-state index in [9.17, 15) is 9.59 Å². The van der Waals surface area contributed by atoms with Crippen LogP contribution in [0.25, 0.3) is 5.57 Å². The van der Waals surface area contributed by atoms with Gasteiger partial charge in [0.05, 0.1) is 17.7 Å². The van der Waals surface area contributed by atoms with Crippen molar-refractivity contribution in [2.24, 2.45) is 0 Å². The SMILES string of the molecule is CC(=O)N1CC2CC(c3ccc(CCCOc4cc(Cl)ccc4Cl)cc3)=C(C(=O)N(C)CCc3ccccc3)[C@@H](C1)N2. The minimum Gasteiger partial charge on any atom is -0.492 e. The summed E-state index contributed by atoms with van der Waals surface area (Å²) < 4.78 is 5.84. The number of aryl methyl sites for hydroxylation is 1. The van der Waals surface area contributed by atoms with Gasteiger partial charge in [-0.15, -0.1) is 0 Å². The van der Waals surface area contributed by atoms with E-state index in [0.29, 0.717) is 48.5 Å². The molecule has 2 amide bonds. The van der Waals surface area contributed by atoms with Gasteiger partial charge in [-0.3, -0.25) is 9.59 Å². The van der Waals surface area contributed by atoms with Crippen molar-refractivity contribution in [1.29, 1.82) is 0 Å². The van der Waals surface area contributed by atoms with Gasteiger partial charge in [-0.05, 0) is 60.1 Å². The van der Waals surface area contributed by atoms with E-state index in [1.165, 1.54) is 11.1 Å². The Labute approximate surface area is 258 Å². The molecule has 5 rings (SSSR count). The van der Waals surface area contributed by atoms with Crippen LogP contribution in [0.3, 0.4) is 0 Å². The molecule has 42 heavy (non-hydrogen) atoms. The summed E-state index contributed by atoms with van der Waals surface area (Å²) in [5, 5.41) is 4.77. The Hall–Kier alpha value is -3.32. The molecule has 1 unspecified atom stereocenters. The minimum atomic E-state index is -0.196. The van der Waals surface area contributed by atoms with Crippen LogP contribution in [0, 0.1) is 0 Å². The van der Waals surface area contributed by atoms with E-state index in [2.05, 4.69) is 41.7 Å². The number of piperazine rings is 1. The molecule has 3 aromatic rings. The van der Waals surface area contributed by atoms with Crippen LogP contribution in [0.5, 0.6) is 5.75 Å². The molecule has 8 heteroatoms. The zero-order chi connectivity index (χ0) is 29.6. The molecule has 220 valence electrons. The summed E-state index contributed by atoms with van der Waals surface area (Å²) in [5.41, 5.74) is 5.31. The fourth-order valence-electron chi connectivity index (χ4n) is 5.79. The van der Waals surface area contributed by atoms with Crippen molar-refractivity contribution in [2.45, 2.75) is 44.7 Å². The van der Waals surface area contributed by atoms with E-state index in [1.54, 1.807) is 25.1 Å². The molecule has 0 spiro atoms. The lowest BCUT2D eigenvalue weighted by Gasteiger charge is -2.44. The van der Waals surface area contributed by atoms with Gasteiger partial charge in [-0.1, -0.05) is 77.8 Å². The number of ether oxygens (including phenoxy) is 1. The standard InChI is InChI=1S/C34H37Cl2N3O3/c1-23(40)39-21-28-20-29(33(31(22-39)37-28)34(41)38(2)17-16-24-7-4-3-5-8-24)26-12-10-25(11-13-26)9-6-18-42-32-19-27(35)14-15-30(32)36/h3-5,7-8,10-15,19,28,31,37H,6,9,16-18,20-22H2,1-2H3/t28?,31-/m1/s1. The first-order chi connectivity index (χ1) is 20.3. The largest absolute Gasteiger partial charge is 0.492 e. The van der Waals surface area contributed by atoms with Crippen LogP contribution in [0.1, 0.15) is 36.5 Å². The van der Waals surface area contributed by atoms with Crippen molar-refractivity contribution in [3.05, 3.63) is 105 Å². The lowest BCUT2D eigenvalue weighted by Crippen LogP contribution is -2.61. The van der Waals surface area contributed by atoms with Crippen LogP contribution >= 0.6 is 23.2 Å². The van der Waals surface area contributed by atoms with Gasteiger partial charge in [0.25, 0.3) is 5.91 Å². The summed E-state index contributed by atoms with van der Waals surface area (Å²) in [4.78, 5) is 29.9. The van der Waals surface area contributed by atoms with Crippen LogP contribution < -0.4 is 10.1 Å². The van der Waals surface area contributed by atoms with Crippen molar-refractivity contribution >= 4 is 40.6 Å². The predicted molar refractivity (Wildman–Crippen MR) is 169 cm³/mol. The second kappa shape index (κ2) is 13.8. The highest BCUT2D eigenvalue weighted by Crippen LogP contribution is 2.34. The first-order valence-electron chi connectivity index (χ1n) is 14.5. The number of hydrogen-bond donors (Lipinski definition) is 1. The lowest BCUT2D eigenvalue weighted by atomic mass is 9.82. The molecule has 2 bridgehead atoms. The van der Waals surface area contributed by atoms with Crippen LogP contribution in [0.15, 0.2) is 78.4 Å². The number of halogens is 2. The van der Waals surface area contributed by atoms with E-state index < -0.39 is 0 Å². The van der Waals surface area contributed by atoms with Crippen molar-refractivity contribution in [3.63, 3.8) is 0 Å². The number of carbonyl (C=O) groups is 2. The third kappa shape index (κ3) is 7.35. The van der Waals surface area contributed by atoms with E-state index in [1.807, 2.05) is 35.0 Å². The summed E-state index contributed by atoms with van der Waals surface area (Å²) in [7, 11) is 1.87. The number of likely N-dealkylation sites (N-methyl/N-ethyl adjacent to an activating group) is 1. The maximum Gasteiger partial charge on any atom is 0.251 e. The molecule has 6 nitrogen and oxygen atoms in total. The first kappa shape index (κ1) is 30.1. The van der Waals surface area contributed by atoms with E-state index in [0.717, 1.165) is 36.0 Å². The number of hydrogen-bond acceptors (Lipinski definition) is 4. The van der Waals surface area contributed by atoms with E-state index in [4.69, 9.17) is 27.9 Å². The van der Waals surface area contributed by atoms with Gasteiger partial charge in [-0.25, -0.2) is 0 Å². The minimum absolute atomic E-state index is 0.0168. The molecule has 3 aromatic carbocycles. The van der Waals surface area contributed by atoms with Crippen molar-refractivity contribution in [3.8, 4) is 5.75 Å². The zero-order valence-electron chi connectivity index (χ0n) is 24.1. The molecule has 1 N–H and O–H groups in total. The average molecular weight is 607 g/mol. The highest BCUT2D eigenvalue weighted by atomic mass is 35.5. The van der Waals surface area contributed by atoms with Crippen LogP contribution in [0.4, 0.5) is 0 Å². The molecule has 0 aromatic heterocycles.